The van der Waals surface area contributed by atoms with E-state index in [9.17, 15) is 8.42 Å². The number of rotatable bonds is 3. The van der Waals surface area contributed by atoms with E-state index in [4.69, 9.17) is 28.5 Å². The maximum absolute atomic E-state index is 12.3. The largest absolute Gasteiger partial charge is 0.278 e. The molecule has 7 heteroatoms. The third-order valence-corrected chi connectivity index (χ3v) is 4.74. The van der Waals surface area contributed by atoms with Crippen LogP contribution >= 0.6 is 23.2 Å². The molecule has 0 aliphatic carbocycles. The summed E-state index contributed by atoms with van der Waals surface area (Å²) in [5.74, 6) is 0. The predicted molar refractivity (Wildman–Crippen MR) is 78.4 cm³/mol. The van der Waals surface area contributed by atoms with Gasteiger partial charge >= 0.3 is 0 Å². The smallest absolute Gasteiger partial charge is 0.263 e. The number of halogens is 2. The summed E-state index contributed by atoms with van der Waals surface area (Å²) < 4.78 is 26.9. The lowest BCUT2D eigenvalue weighted by Crippen LogP contribution is -2.14. The van der Waals surface area contributed by atoms with E-state index in [1.165, 1.54) is 24.3 Å². The summed E-state index contributed by atoms with van der Waals surface area (Å²) in [4.78, 5) is -0.112. The molecule has 0 unspecified atom stereocenters. The zero-order valence-corrected chi connectivity index (χ0v) is 12.3. The molecule has 0 amide bonds. The van der Waals surface area contributed by atoms with Gasteiger partial charge in [-0.25, -0.2) is 8.42 Å². The summed E-state index contributed by atoms with van der Waals surface area (Å²) in [6.45, 7) is 0. The standard InChI is InChI=1S/C13H8Cl2N2O2S/c14-10-5-3-6-11(13(10)15)17-20(18,19)12-7-2-1-4-9(12)8-16/h1-7,17H. The average molecular weight is 327 g/mol. The van der Waals surface area contributed by atoms with Gasteiger partial charge in [-0.3, -0.25) is 4.72 Å². The topological polar surface area (TPSA) is 70.0 Å². The van der Waals surface area contributed by atoms with Gasteiger partial charge in [-0.15, -0.1) is 0 Å². The van der Waals surface area contributed by atoms with E-state index < -0.39 is 10.0 Å². The molecule has 2 rings (SSSR count). The molecule has 0 fully saturated rings. The van der Waals surface area contributed by atoms with Crippen molar-refractivity contribution < 1.29 is 8.42 Å². The van der Waals surface area contributed by atoms with E-state index in [2.05, 4.69) is 4.72 Å². The highest BCUT2D eigenvalue weighted by Gasteiger charge is 2.19. The lowest BCUT2D eigenvalue weighted by molar-refractivity contribution is 0.601. The highest BCUT2D eigenvalue weighted by atomic mass is 35.5. The summed E-state index contributed by atoms with van der Waals surface area (Å²) in [5, 5.41) is 9.30. The molecule has 1 N–H and O–H groups in total. The van der Waals surface area contributed by atoms with Crippen molar-refractivity contribution in [2.45, 2.75) is 4.90 Å². The molecular weight excluding hydrogens is 319 g/mol. The third kappa shape index (κ3) is 2.88. The summed E-state index contributed by atoms with van der Waals surface area (Å²) in [6.07, 6.45) is 0. The minimum atomic E-state index is -3.91. The quantitative estimate of drug-likeness (QED) is 0.935. The van der Waals surface area contributed by atoms with Crippen LogP contribution in [0, 0.1) is 11.3 Å². The van der Waals surface area contributed by atoms with Gasteiger partial charge in [0.05, 0.1) is 21.3 Å². The van der Waals surface area contributed by atoms with Gasteiger partial charge in [0.1, 0.15) is 11.0 Å². The minimum absolute atomic E-state index is 0.0538. The Labute approximate surface area is 126 Å². The van der Waals surface area contributed by atoms with Gasteiger partial charge in [-0.1, -0.05) is 41.4 Å². The number of nitriles is 1. The van der Waals surface area contributed by atoms with Gasteiger partial charge in [0.2, 0.25) is 0 Å². The zero-order valence-electron chi connectivity index (χ0n) is 9.97. The predicted octanol–water partition coefficient (Wildman–Crippen LogP) is 3.67. The molecule has 20 heavy (non-hydrogen) atoms. The van der Waals surface area contributed by atoms with Crippen LogP contribution < -0.4 is 4.72 Å². The lowest BCUT2D eigenvalue weighted by atomic mass is 10.2. The molecule has 102 valence electrons. The Morgan fingerprint density at radius 2 is 1.75 bits per heavy atom. The molecule has 0 atom stereocenters. The van der Waals surface area contributed by atoms with Crippen molar-refractivity contribution in [3.8, 4) is 6.07 Å². The summed E-state index contributed by atoms with van der Waals surface area (Å²) >= 11 is 11.8. The fourth-order valence-electron chi connectivity index (χ4n) is 1.58. The molecule has 0 spiro atoms. The number of benzene rings is 2. The van der Waals surface area contributed by atoms with Gasteiger partial charge in [0.25, 0.3) is 10.0 Å². The van der Waals surface area contributed by atoms with E-state index in [0.717, 1.165) is 0 Å². The van der Waals surface area contributed by atoms with Gasteiger partial charge in [0.15, 0.2) is 0 Å². The van der Waals surface area contributed by atoms with E-state index in [1.54, 1.807) is 18.2 Å². The fourth-order valence-corrected chi connectivity index (χ4v) is 3.21. The first kappa shape index (κ1) is 14.7. The van der Waals surface area contributed by atoms with Crippen LogP contribution in [0.1, 0.15) is 5.56 Å². The summed E-state index contributed by atoms with van der Waals surface area (Å²) in [5.41, 5.74) is 0.213. The monoisotopic (exact) mass is 326 g/mol. The normalized spacial score (nSPS) is 10.8. The van der Waals surface area contributed by atoms with Crippen molar-refractivity contribution >= 4 is 38.9 Å². The van der Waals surface area contributed by atoms with E-state index in [-0.39, 0.29) is 26.2 Å². The number of hydrogen-bond donors (Lipinski definition) is 1. The van der Waals surface area contributed by atoms with Gasteiger partial charge in [-0.05, 0) is 24.3 Å². The molecular formula is C13H8Cl2N2O2S. The molecule has 0 saturated carbocycles. The zero-order chi connectivity index (χ0) is 14.8. The maximum atomic E-state index is 12.3. The van der Waals surface area contributed by atoms with Crippen molar-refractivity contribution in [3.63, 3.8) is 0 Å². The number of sulfonamides is 1. The number of hydrogen-bond acceptors (Lipinski definition) is 3. The maximum Gasteiger partial charge on any atom is 0.263 e. The van der Waals surface area contributed by atoms with Crippen LogP contribution in [0.25, 0.3) is 0 Å². The second kappa shape index (κ2) is 5.71. The minimum Gasteiger partial charge on any atom is -0.278 e. The Balaban J connectivity index is 2.47. The van der Waals surface area contributed by atoms with Gasteiger partial charge in [-0.2, -0.15) is 5.26 Å². The van der Waals surface area contributed by atoms with Crippen molar-refractivity contribution in [1.29, 1.82) is 5.26 Å². The van der Waals surface area contributed by atoms with Crippen LogP contribution in [-0.2, 0) is 10.0 Å². The molecule has 0 saturated heterocycles. The van der Waals surface area contributed by atoms with Crippen LogP contribution in [0.4, 0.5) is 5.69 Å². The van der Waals surface area contributed by atoms with Crippen LogP contribution in [-0.4, -0.2) is 8.42 Å². The summed E-state index contributed by atoms with van der Waals surface area (Å²) in [7, 11) is -3.91. The Morgan fingerprint density at radius 3 is 2.45 bits per heavy atom. The Bertz CT molecular complexity index is 798. The van der Waals surface area contributed by atoms with E-state index in [1.807, 2.05) is 6.07 Å². The van der Waals surface area contributed by atoms with Gasteiger partial charge < -0.3 is 0 Å². The number of nitrogens with zero attached hydrogens (tertiary/aromatic N) is 1. The first-order chi connectivity index (χ1) is 9.45. The molecule has 2 aromatic carbocycles. The Morgan fingerprint density at radius 1 is 1.05 bits per heavy atom. The Kier molecular flexibility index (Phi) is 4.19. The fraction of sp³-hybridized carbons (Fsp3) is 0. The summed E-state index contributed by atoms with van der Waals surface area (Å²) in [6, 6.07) is 12.3. The first-order valence-corrected chi connectivity index (χ1v) is 7.65. The second-order valence-electron chi connectivity index (χ2n) is 3.81. The molecule has 4 nitrogen and oxygen atoms in total. The van der Waals surface area contributed by atoms with E-state index >= 15 is 0 Å². The third-order valence-electron chi connectivity index (χ3n) is 2.49. The van der Waals surface area contributed by atoms with Crippen LogP contribution in [0.2, 0.25) is 10.0 Å². The highest BCUT2D eigenvalue weighted by Crippen LogP contribution is 2.31. The van der Waals surface area contributed by atoms with Crippen molar-refractivity contribution in [3.05, 3.63) is 58.1 Å². The SMILES string of the molecule is N#Cc1ccccc1S(=O)(=O)Nc1cccc(Cl)c1Cl. The molecule has 0 aliphatic heterocycles. The lowest BCUT2D eigenvalue weighted by Gasteiger charge is -2.11. The average Bonchev–Trinajstić information content (AvgIpc) is 2.43. The van der Waals surface area contributed by atoms with Gasteiger partial charge in [0, 0.05) is 0 Å². The Hall–Kier alpha value is -1.74. The van der Waals surface area contributed by atoms with Crippen LogP contribution in [0.5, 0.6) is 0 Å². The van der Waals surface area contributed by atoms with E-state index in [0.29, 0.717) is 0 Å². The molecule has 0 bridgehead atoms. The second-order valence-corrected chi connectivity index (χ2v) is 6.25. The van der Waals surface area contributed by atoms with Crippen molar-refractivity contribution in [1.82, 2.24) is 0 Å². The van der Waals surface area contributed by atoms with Crippen molar-refractivity contribution in [2.24, 2.45) is 0 Å². The molecule has 0 heterocycles. The van der Waals surface area contributed by atoms with Crippen LogP contribution in [0.15, 0.2) is 47.4 Å². The number of anilines is 1. The molecule has 0 aromatic heterocycles. The number of nitrogens with one attached hydrogen (secondary N) is 1. The molecule has 2 aromatic rings. The molecule has 0 aliphatic rings. The highest BCUT2D eigenvalue weighted by molar-refractivity contribution is 7.92. The van der Waals surface area contributed by atoms with Crippen LogP contribution in [0.3, 0.4) is 0 Å². The molecule has 0 radical (unpaired) electrons. The first-order valence-electron chi connectivity index (χ1n) is 5.41. The van der Waals surface area contributed by atoms with Crippen molar-refractivity contribution in [2.75, 3.05) is 4.72 Å².